The van der Waals surface area contributed by atoms with Gasteiger partial charge in [0.05, 0.1) is 27.6 Å². The van der Waals surface area contributed by atoms with Crippen LogP contribution in [0.1, 0.15) is 67.2 Å². The molecule has 5 N–H and O–H groups in total. The van der Waals surface area contributed by atoms with Crippen molar-refractivity contribution in [1.29, 1.82) is 10.7 Å². The number of benzene rings is 2. The van der Waals surface area contributed by atoms with Crippen LogP contribution < -0.4 is 21.3 Å². The average molecular weight is 767 g/mol. The van der Waals surface area contributed by atoms with Crippen LogP contribution in [0.4, 0.5) is 22.4 Å². The smallest absolute Gasteiger partial charge is 0.322 e. The lowest BCUT2D eigenvalue weighted by atomic mass is 9.88. The van der Waals surface area contributed by atoms with Crippen LogP contribution in [-0.2, 0) is 29.2 Å². The van der Waals surface area contributed by atoms with E-state index in [0.29, 0.717) is 52.7 Å². The van der Waals surface area contributed by atoms with Gasteiger partial charge >= 0.3 is 6.03 Å². The molecule has 2 aliphatic heterocycles. The predicted molar refractivity (Wildman–Crippen MR) is 215 cm³/mol. The van der Waals surface area contributed by atoms with Crippen LogP contribution in [0.25, 0.3) is 10.9 Å². The number of aldehydes is 1. The van der Waals surface area contributed by atoms with Crippen LogP contribution >= 0.6 is 0 Å². The molecule has 2 aromatic carbocycles. The van der Waals surface area contributed by atoms with E-state index in [2.05, 4.69) is 55.7 Å². The summed E-state index contributed by atoms with van der Waals surface area (Å²) in [7, 11) is 2.10. The highest BCUT2D eigenvalue weighted by molar-refractivity contribution is 7.82. The molecule has 2 aliphatic rings. The van der Waals surface area contributed by atoms with Crippen LogP contribution in [0.5, 0.6) is 0 Å². The van der Waals surface area contributed by atoms with Gasteiger partial charge < -0.3 is 31.5 Å². The van der Waals surface area contributed by atoms with Crippen molar-refractivity contribution in [3.63, 3.8) is 0 Å². The number of anilines is 3. The number of nitrogens with zero attached hydrogens (tertiary/aromatic N) is 8. The van der Waals surface area contributed by atoms with E-state index >= 15 is 0 Å². The zero-order valence-corrected chi connectivity index (χ0v) is 32.5. The number of carbonyl (C=O) groups is 2. The molecule has 2 unspecified atom stereocenters. The second-order valence-electron chi connectivity index (χ2n) is 14.5. The largest absolute Gasteiger partial charge is 0.383 e. The first kappa shape index (κ1) is 39.5. The summed E-state index contributed by atoms with van der Waals surface area (Å²) in [6, 6.07) is 14.1. The van der Waals surface area contributed by atoms with Crippen molar-refractivity contribution in [3.05, 3.63) is 64.8 Å². The van der Waals surface area contributed by atoms with Crippen molar-refractivity contribution in [1.82, 2.24) is 34.3 Å². The van der Waals surface area contributed by atoms with Gasteiger partial charge in [-0.15, -0.1) is 0 Å². The molecule has 0 bridgehead atoms. The van der Waals surface area contributed by atoms with E-state index in [4.69, 9.17) is 11.1 Å². The maximum absolute atomic E-state index is 13.7. The quantitative estimate of drug-likeness (QED) is 0.106. The van der Waals surface area contributed by atoms with E-state index in [1.54, 1.807) is 17.8 Å². The second-order valence-corrected chi connectivity index (χ2v) is 16.0. The second kappa shape index (κ2) is 17.9. The molecule has 4 aromatic rings. The van der Waals surface area contributed by atoms with Gasteiger partial charge in [0.25, 0.3) is 0 Å². The first-order valence-corrected chi connectivity index (χ1v) is 19.9. The number of rotatable bonds is 14. The molecule has 290 valence electrons. The molecule has 0 radical (unpaired) electrons. The third-order valence-corrected chi connectivity index (χ3v) is 12.2. The fourth-order valence-electron chi connectivity index (χ4n) is 7.70. The van der Waals surface area contributed by atoms with Crippen LogP contribution in [-0.4, -0.2) is 104 Å². The number of fused-ring (bicyclic) bond motifs is 1. The molecule has 2 atom stereocenters. The van der Waals surface area contributed by atoms with Crippen LogP contribution in [0.3, 0.4) is 0 Å². The fraction of sp³-hybridized carbons (Fsp3) is 0.462. The van der Waals surface area contributed by atoms with Gasteiger partial charge in [-0.25, -0.2) is 18.3 Å². The zero-order chi connectivity index (χ0) is 39.1. The Hall–Kier alpha value is -5.24. The normalized spacial score (nSPS) is 17.0. The standard InChI is InChI=1S/C39H50N12O3S/c1-26(25-49-14-9-27(10-15-49)28-6-8-34-35(21-28)48(3)47-37(34)51(13-4-18-52)39(53)43-2)19-30-20-33(7-5-29(30)22-40)55(54)50-16-11-32(12-17-50)45-38-44-24-31(23-41)36(42)46-38/h5-8,18,20-21,23-24,26-27,32,41H,4,9-17,19,25H2,1-3H3,(H,43,53)(H3,42,44,45,46). The fourth-order valence-corrected chi connectivity index (χ4v) is 8.97. The Balaban J connectivity index is 1.02. The first-order chi connectivity index (χ1) is 26.6. The number of nitrogens with two attached hydrogens (primary N) is 1. The van der Waals surface area contributed by atoms with Gasteiger partial charge in [0, 0.05) is 70.5 Å². The molecule has 2 amide bonds. The Labute approximate surface area is 324 Å². The molecule has 2 saturated heterocycles. The minimum Gasteiger partial charge on any atom is -0.383 e. The van der Waals surface area contributed by atoms with Crippen molar-refractivity contribution in [3.8, 4) is 6.07 Å². The number of aryl methyl sites for hydroxylation is 1. The highest BCUT2D eigenvalue weighted by Gasteiger charge is 2.27. The topological polar surface area (TPSA) is 202 Å². The molecular formula is C39H50N12O3S. The maximum Gasteiger partial charge on any atom is 0.322 e. The molecular weight excluding hydrogens is 717 g/mol. The molecule has 55 heavy (non-hydrogen) atoms. The number of nitrogen functional groups attached to an aromatic ring is 1. The van der Waals surface area contributed by atoms with Crippen LogP contribution in [0.2, 0.25) is 0 Å². The Morgan fingerprint density at radius 1 is 1.16 bits per heavy atom. The Morgan fingerprint density at radius 2 is 1.93 bits per heavy atom. The molecule has 2 aromatic heterocycles. The maximum atomic E-state index is 13.7. The number of hydrogen-bond acceptors (Lipinski definition) is 11. The van der Waals surface area contributed by atoms with E-state index in [-0.39, 0.29) is 30.9 Å². The number of nitrogens with one attached hydrogen (secondary N) is 3. The van der Waals surface area contributed by atoms with E-state index in [9.17, 15) is 19.1 Å². The molecule has 0 spiro atoms. The Kier molecular flexibility index (Phi) is 12.9. The lowest BCUT2D eigenvalue weighted by Gasteiger charge is -2.34. The molecule has 0 saturated carbocycles. The van der Waals surface area contributed by atoms with E-state index in [1.807, 2.05) is 29.6 Å². The summed E-state index contributed by atoms with van der Waals surface area (Å²) in [5.41, 5.74) is 10.1. The van der Waals surface area contributed by atoms with Gasteiger partial charge in [0.2, 0.25) is 5.95 Å². The molecule has 2 fully saturated rings. The molecule has 6 rings (SSSR count). The summed E-state index contributed by atoms with van der Waals surface area (Å²) in [6.45, 7) is 6.59. The Bertz CT molecular complexity index is 2080. The van der Waals surface area contributed by atoms with Crippen molar-refractivity contribution in [2.24, 2.45) is 13.0 Å². The van der Waals surface area contributed by atoms with Crippen LogP contribution in [0.15, 0.2) is 47.5 Å². The van der Waals surface area contributed by atoms with Gasteiger partial charge in [-0.05, 0) is 98.5 Å². The minimum absolute atomic E-state index is 0.118. The van der Waals surface area contributed by atoms with Crippen LogP contribution in [0, 0.1) is 22.7 Å². The third-order valence-electron chi connectivity index (χ3n) is 10.7. The van der Waals surface area contributed by atoms with Crippen molar-refractivity contribution >= 4 is 58.0 Å². The molecule has 16 heteroatoms. The predicted octanol–water partition coefficient (Wildman–Crippen LogP) is 4.21. The number of piperidine rings is 2. The SMILES string of the molecule is CNC(=O)N(CCC=O)c1nn(C)c2cc(C3CCN(CC(C)Cc4cc(S(=O)N5CCC(Nc6ncc(C=N)c(N)n6)CC5)ccc4C#N)CC3)ccc12. The molecule has 15 nitrogen and oxygen atoms in total. The summed E-state index contributed by atoms with van der Waals surface area (Å²) >= 11 is 0. The summed E-state index contributed by atoms with van der Waals surface area (Å²) in [4.78, 5) is 36.9. The minimum atomic E-state index is -1.35. The number of amides is 2. The van der Waals surface area contributed by atoms with E-state index in [0.717, 1.165) is 80.7 Å². The number of hydrogen-bond donors (Lipinski definition) is 4. The Morgan fingerprint density at radius 3 is 2.60 bits per heavy atom. The molecule has 4 heterocycles. The first-order valence-electron chi connectivity index (χ1n) is 18.8. The zero-order valence-electron chi connectivity index (χ0n) is 31.7. The van der Waals surface area contributed by atoms with Gasteiger partial charge in [-0.3, -0.25) is 9.58 Å². The van der Waals surface area contributed by atoms with Gasteiger partial charge in [-0.2, -0.15) is 15.3 Å². The highest BCUT2D eigenvalue weighted by Crippen LogP contribution is 2.34. The van der Waals surface area contributed by atoms with Crippen molar-refractivity contribution in [2.45, 2.75) is 62.3 Å². The third kappa shape index (κ3) is 9.18. The summed E-state index contributed by atoms with van der Waals surface area (Å²) in [5, 5.41) is 28.8. The highest BCUT2D eigenvalue weighted by atomic mass is 32.2. The lowest BCUT2D eigenvalue weighted by molar-refractivity contribution is -0.107. The summed E-state index contributed by atoms with van der Waals surface area (Å²) in [5.74, 6) is 1.94. The van der Waals surface area contributed by atoms with E-state index in [1.165, 1.54) is 16.7 Å². The average Bonchev–Trinajstić information content (AvgIpc) is 3.53. The number of aromatic nitrogens is 4. The number of nitriles is 1. The molecule has 0 aliphatic carbocycles. The number of urea groups is 1. The van der Waals surface area contributed by atoms with E-state index < -0.39 is 11.0 Å². The van der Waals surface area contributed by atoms with Gasteiger partial charge in [-0.1, -0.05) is 13.0 Å². The van der Waals surface area contributed by atoms with Crippen molar-refractivity contribution < 1.29 is 13.8 Å². The van der Waals surface area contributed by atoms with Gasteiger partial charge in [0.15, 0.2) is 5.82 Å². The lowest BCUT2D eigenvalue weighted by Crippen LogP contribution is -2.40. The van der Waals surface area contributed by atoms with Crippen molar-refractivity contribution in [2.75, 3.05) is 62.3 Å². The summed E-state index contributed by atoms with van der Waals surface area (Å²) in [6.07, 6.45) is 7.98. The monoisotopic (exact) mass is 766 g/mol. The summed E-state index contributed by atoms with van der Waals surface area (Å²) < 4.78 is 17.5. The number of carbonyl (C=O) groups excluding carboxylic acids is 2. The number of likely N-dealkylation sites (tertiary alicyclic amines) is 1. The van der Waals surface area contributed by atoms with Gasteiger partial charge in [0.1, 0.15) is 23.1 Å².